The van der Waals surface area contributed by atoms with E-state index in [1.54, 1.807) is 11.3 Å². The second kappa shape index (κ2) is 3.35. The third-order valence-corrected chi connectivity index (χ3v) is 4.35. The van der Waals surface area contributed by atoms with Gasteiger partial charge in [0.05, 0.1) is 5.60 Å². The van der Waals surface area contributed by atoms with Gasteiger partial charge in [0, 0.05) is 21.5 Å². The molecule has 0 aliphatic heterocycles. The molecule has 2 atom stereocenters. The second-order valence-corrected chi connectivity index (χ2v) is 5.27. The van der Waals surface area contributed by atoms with Crippen LogP contribution in [0.3, 0.4) is 0 Å². The third kappa shape index (κ3) is 1.68. The molecule has 4 heteroatoms. The average molecular weight is 262 g/mol. The Morgan fingerprint density at radius 1 is 1.62 bits per heavy atom. The van der Waals surface area contributed by atoms with E-state index in [-0.39, 0.29) is 6.04 Å². The molecule has 1 aromatic rings. The van der Waals surface area contributed by atoms with Gasteiger partial charge in [0.25, 0.3) is 0 Å². The lowest BCUT2D eigenvalue weighted by atomic mass is 9.95. The molecule has 2 rings (SSSR count). The van der Waals surface area contributed by atoms with Gasteiger partial charge < -0.3 is 10.8 Å². The van der Waals surface area contributed by atoms with E-state index in [1.165, 1.54) is 0 Å². The van der Waals surface area contributed by atoms with Crippen LogP contribution in [-0.2, 0) is 5.60 Å². The van der Waals surface area contributed by atoms with Crippen LogP contribution in [0.1, 0.15) is 24.8 Å². The van der Waals surface area contributed by atoms with Crippen molar-refractivity contribution < 1.29 is 5.11 Å². The molecule has 2 nitrogen and oxygen atoms in total. The van der Waals surface area contributed by atoms with Crippen LogP contribution in [-0.4, -0.2) is 11.1 Å². The summed E-state index contributed by atoms with van der Waals surface area (Å²) in [6, 6.07) is 0.150. The van der Waals surface area contributed by atoms with E-state index in [0.717, 1.165) is 22.9 Å². The van der Waals surface area contributed by atoms with E-state index in [1.807, 2.05) is 10.8 Å². The predicted octanol–water partition coefficient (Wildman–Crippen LogP) is 2.21. The Balaban J connectivity index is 2.30. The Morgan fingerprint density at radius 2 is 2.38 bits per heavy atom. The summed E-state index contributed by atoms with van der Waals surface area (Å²) in [5.74, 6) is 0. The third-order valence-electron chi connectivity index (χ3n) is 2.64. The maximum absolute atomic E-state index is 10.3. The second-order valence-electron chi connectivity index (χ2n) is 3.67. The minimum Gasteiger partial charge on any atom is -0.385 e. The van der Waals surface area contributed by atoms with Gasteiger partial charge >= 0.3 is 0 Å². The van der Waals surface area contributed by atoms with Crippen molar-refractivity contribution >= 4 is 27.3 Å². The summed E-state index contributed by atoms with van der Waals surface area (Å²) in [4.78, 5) is 0. The lowest BCUT2D eigenvalue weighted by molar-refractivity contribution is 0.0428. The molecule has 0 radical (unpaired) electrons. The summed E-state index contributed by atoms with van der Waals surface area (Å²) in [5.41, 5.74) is 6.12. The molecule has 1 saturated carbocycles. The van der Waals surface area contributed by atoms with Crippen LogP contribution in [0.15, 0.2) is 15.2 Å². The van der Waals surface area contributed by atoms with E-state index >= 15 is 0 Å². The number of halogens is 1. The highest BCUT2D eigenvalue weighted by molar-refractivity contribution is 9.10. The largest absolute Gasteiger partial charge is 0.385 e. The van der Waals surface area contributed by atoms with Gasteiger partial charge in [-0.25, -0.2) is 0 Å². The summed E-state index contributed by atoms with van der Waals surface area (Å²) in [6.07, 6.45) is 2.38. The Bertz CT molecular complexity index is 314. The maximum Gasteiger partial charge on any atom is 0.0930 e. The zero-order valence-corrected chi connectivity index (χ0v) is 9.57. The summed E-state index contributed by atoms with van der Waals surface area (Å²) in [6.45, 7) is 0. The van der Waals surface area contributed by atoms with Crippen LogP contribution < -0.4 is 5.73 Å². The van der Waals surface area contributed by atoms with Crippen LogP contribution in [0.5, 0.6) is 0 Å². The molecule has 0 aromatic carbocycles. The molecule has 1 fully saturated rings. The fourth-order valence-corrected chi connectivity index (χ4v) is 3.68. The fraction of sp³-hybridized carbons (Fsp3) is 0.556. The van der Waals surface area contributed by atoms with Gasteiger partial charge in [0.2, 0.25) is 0 Å². The number of nitrogens with two attached hydrogens (primary N) is 1. The molecule has 0 bridgehead atoms. The first kappa shape index (κ1) is 9.65. The van der Waals surface area contributed by atoms with E-state index in [0.29, 0.717) is 6.42 Å². The van der Waals surface area contributed by atoms with Crippen LogP contribution in [0.2, 0.25) is 0 Å². The molecule has 1 heterocycles. The maximum atomic E-state index is 10.3. The molecular formula is C9H12BrNOS. The van der Waals surface area contributed by atoms with Gasteiger partial charge in [-0.05, 0) is 40.6 Å². The van der Waals surface area contributed by atoms with Crippen molar-refractivity contribution in [1.29, 1.82) is 0 Å². The normalized spacial score (nSPS) is 33.9. The zero-order valence-electron chi connectivity index (χ0n) is 7.16. The summed E-state index contributed by atoms with van der Waals surface area (Å²) in [7, 11) is 0. The number of hydrogen-bond donors (Lipinski definition) is 2. The van der Waals surface area contributed by atoms with Crippen molar-refractivity contribution in [3.63, 3.8) is 0 Å². The first-order chi connectivity index (χ1) is 6.12. The Hall–Kier alpha value is 0.100. The van der Waals surface area contributed by atoms with Crippen molar-refractivity contribution in [2.45, 2.75) is 30.9 Å². The SMILES string of the molecule is NC1CCC(O)(c2cscc2Br)C1. The van der Waals surface area contributed by atoms with Gasteiger partial charge in [-0.3, -0.25) is 0 Å². The molecule has 3 N–H and O–H groups in total. The molecule has 1 aliphatic rings. The van der Waals surface area contributed by atoms with Crippen LogP contribution in [0.4, 0.5) is 0 Å². The predicted molar refractivity (Wildman–Crippen MR) is 57.7 cm³/mol. The summed E-state index contributed by atoms with van der Waals surface area (Å²) >= 11 is 5.05. The molecule has 13 heavy (non-hydrogen) atoms. The van der Waals surface area contributed by atoms with Crippen molar-refractivity contribution in [3.05, 3.63) is 20.8 Å². The quantitative estimate of drug-likeness (QED) is 0.815. The molecule has 1 aromatic heterocycles. The summed E-state index contributed by atoms with van der Waals surface area (Å²) in [5, 5.41) is 14.3. The van der Waals surface area contributed by atoms with E-state index in [9.17, 15) is 5.11 Å². The minimum absolute atomic E-state index is 0.150. The van der Waals surface area contributed by atoms with Crippen LogP contribution in [0.25, 0.3) is 0 Å². The van der Waals surface area contributed by atoms with Gasteiger partial charge in [0.1, 0.15) is 0 Å². The van der Waals surface area contributed by atoms with Gasteiger partial charge in [-0.2, -0.15) is 11.3 Å². The van der Waals surface area contributed by atoms with Crippen LogP contribution >= 0.6 is 27.3 Å². The number of thiophene rings is 1. The standard InChI is InChI=1S/C9H12BrNOS/c10-8-5-13-4-7(8)9(12)2-1-6(11)3-9/h4-6,12H,1-3,11H2. The monoisotopic (exact) mass is 261 g/mol. The average Bonchev–Trinajstić information content (AvgIpc) is 2.59. The van der Waals surface area contributed by atoms with E-state index in [4.69, 9.17) is 5.73 Å². The Kier molecular flexibility index (Phi) is 2.49. The molecule has 0 saturated heterocycles. The lowest BCUT2D eigenvalue weighted by Gasteiger charge is -2.22. The van der Waals surface area contributed by atoms with Crippen LogP contribution in [0, 0.1) is 0 Å². The molecular weight excluding hydrogens is 250 g/mol. The molecule has 2 unspecified atom stereocenters. The van der Waals surface area contributed by atoms with E-state index < -0.39 is 5.60 Å². The molecule has 72 valence electrons. The number of aliphatic hydroxyl groups is 1. The molecule has 0 spiro atoms. The van der Waals surface area contributed by atoms with Crippen molar-refractivity contribution in [3.8, 4) is 0 Å². The van der Waals surface area contributed by atoms with Gasteiger partial charge in [-0.1, -0.05) is 0 Å². The van der Waals surface area contributed by atoms with Gasteiger partial charge in [-0.15, -0.1) is 0 Å². The number of rotatable bonds is 1. The highest BCUT2D eigenvalue weighted by Gasteiger charge is 2.38. The molecule has 1 aliphatic carbocycles. The fourth-order valence-electron chi connectivity index (χ4n) is 1.92. The first-order valence-electron chi connectivity index (χ1n) is 4.32. The highest BCUT2D eigenvalue weighted by atomic mass is 79.9. The van der Waals surface area contributed by atoms with Gasteiger partial charge in [0.15, 0.2) is 0 Å². The van der Waals surface area contributed by atoms with Crippen molar-refractivity contribution in [1.82, 2.24) is 0 Å². The van der Waals surface area contributed by atoms with Crippen molar-refractivity contribution in [2.24, 2.45) is 5.73 Å². The van der Waals surface area contributed by atoms with E-state index in [2.05, 4.69) is 15.9 Å². The molecule has 0 amide bonds. The minimum atomic E-state index is -0.682. The smallest absolute Gasteiger partial charge is 0.0930 e. The first-order valence-corrected chi connectivity index (χ1v) is 6.05. The van der Waals surface area contributed by atoms with Crippen molar-refractivity contribution in [2.75, 3.05) is 0 Å². The highest BCUT2D eigenvalue weighted by Crippen LogP contribution is 2.42. The summed E-state index contributed by atoms with van der Waals surface area (Å²) < 4.78 is 1.01. The zero-order chi connectivity index (χ0) is 9.47. The number of hydrogen-bond acceptors (Lipinski definition) is 3. The Labute approximate surface area is 89.9 Å². The topological polar surface area (TPSA) is 46.2 Å². The Morgan fingerprint density at radius 3 is 2.85 bits per heavy atom. The lowest BCUT2D eigenvalue weighted by Crippen LogP contribution is -2.25.